The van der Waals surface area contributed by atoms with Gasteiger partial charge in [0.05, 0.1) is 0 Å². The van der Waals surface area contributed by atoms with Gasteiger partial charge in [-0.3, -0.25) is 0 Å². The molecule has 0 saturated heterocycles. The van der Waals surface area contributed by atoms with Gasteiger partial charge < -0.3 is 10.1 Å². The van der Waals surface area contributed by atoms with E-state index in [4.69, 9.17) is 4.74 Å². The van der Waals surface area contributed by atoms with Crippen LogP contribution in [0.5, 0.6) is 0 Å². The Morgan fingerprint density at radius 3 is 2.33 bits per heavy atom. The van der Waals surface area contributed by atoms with E-state index in [-0.39, 0.29) is 0 Å². The van der Waals surface area contributed by atoms with Crippen LogP contribution in [0.25, 0.3) is 0 Å². The summed E-state index contributed by atoms with van der Waals surface area (Å²) in [6.45, 7) is 9.04. The van der Waals surface area contributed by atoms with Gasteiger partial charge in [-0.2, -0.15) is 0 Å². The fourth-order valence-corrected chi connectivity index (χ4v) is 2.05. The third-order valence-electron chi connectivity index (χ3n) is 3.02. The first-order valence-corrected chi connectivity index (χ1v) is 6.71. The number of ether oxygens (including phenoxy) is 1. The van der Waals surface area contributed by atoms with Gasteiger partial charge in [0.2, 0.25) is 0 Å². The van der Waals surface area contributed by atoms with Gasteiger partial charge in [-0.15, -0.1) is 0 Å². The molecule has 0 atom stereocenters. The fourth-order valence-electron chi connectivity index (χ4n) is 2.05. The van der Waals surface area contributed by atoms with Gasteiger partial charge >= 0.3 is 0 Å². The van der Waals surface area contributed by atoms with Gasteiger partial charge in [-0.25, -0.2) is 9.97 Å². The number of nitrogens with zero attached hydrogens (tertiary/aromatic N) is 2. The van der Waals surface area contributed by atoms with Crippen molar-refractivity contribution in [3.05, 3.63) is 22.8 Å². The van der Waals surface area contributed by atoms with E-state index >= 15 is 0 Å². The molecule has 1 heterocycles. The smallest absolute Gasteiger partial charge is 0.128 e. The molecular weight excluding hydrogens is 226 g/mol. The summed E-state index contributed by atoms with van der Waals surface area (Å²) in [7, 11) is 1.72. The molecule has 4 nitrogen and oxygen atoms in total. The quantitative estimate of drug-likeness (QED) is 0.716. The minimum atomic E-state index is 0.767. The number of likely N-dealkylation sites (N-methyl/N-ethyl adjacent to an activating group) is 1. The zero-order valence-corrected chi connectivity index (χ0v) is 12.0. The topological polar surface area (TPSA) is 47.0 Å². The number of aromatic nitrogens is 2. The molecule has 0 fully saturated rings. The van der Waals surface area contributed by atoms with E-state index in [1.54, 1.807) is 7.11 Å². The molecule has 0 unspecified atom stereocenters. The first-order valence-electron chi connectivity index (χ1n) is 6.71. The number of rotatable bonds is 8. The second kappa shape index (κ2) is 8.16. The Balaban J connectivity index is 2.65. The molecular formula is C14H25N3O. The van der Waals surface area contributed by atoms with Crippen molar-refractivity contribution < 1.29 is 4.74 Å². The highest BCUT2D eigenvalue weighted by molar-refractivity contribution is 5.24. The Morgan fingerprint density at radius 2 is 1.78 bits per heavy atom. The van der Waals surface area contributed by atoms with Crippen molar-refractivity contribution in [2.75, 3.05) is 26.8 Å². The number of nitrogens with one attached hydrogen (secondary N) is 1. The van der Waals surface area contributed by atoms with E-state index in [1.807, 2.05) is 0 Å². The highest BCUT2D eigenvalue weighted by Crippen LogP contribution is 2.11. The lowest BCUT2D eigenvalue weighted by molar-refractivity contribution is 0.194. The third kappa shape index (κ3) is 4.70. The van der Waals surface area contributed by atoms with E-state index in [1.165, 1.54) is 5.56 Å². The molecule has 102 valence electrons. The second-order valence-corrected chi connectivity index (χ2v) is 4.49. The molecule has 0 spiro atoms. The Hall–Kier alpha value is -1.00. The van der Waals surface area contributed by atoms with E-state index < -0.39 is 0 Å². The zero-order chi connectivity index (χ0) is 13.4. The summed E-state index contributed by atoms with van der Waals surface area (Å²) in [6.07, 6.45) is 2.87. The lowest BCUT2D eigenvalue weighted by Crippen LogP contribution is -2.18. The maximum absolute atomic E-state index is 5.05. The number of methoxy groups -OCH3 is 1. The number of hydrogen-bond acceptors (Lipinski definition) is 4. The summed E-state index contributed by atoms with van der Waals surface area (Å²) in [6, 6.07) is 0. The lowest BCUT2D eigenvalue weighted by atomic mass is 10.1. The lowest BCUT2D eigenvalue weighted by Gasteiger charge is -2.11. The van der Waals surface area contributed by atoms with Crippen molar-refractivity contribution in [2.24, 2.45) is 0 Å². The van der Waals surface area contributed by atoms with Crippen molar-refractivity contribution in [3.8, 4) is 0 Å². The summed E-state index contributed by atoms with van der Waals surface area (Å²) in [5, 5.41) is 3.34. The first-order chi connectivity index (χ1) is 8.69. The SMILES string of the molecule is CCNCCc1c(C)nc(CCCOC)nc1C. The van der Waals surface area contributed by atoms with Crippen LogP contribution in [-0.2, 0) is 17.6 Å². The van der Waals surface area contributed by atoms with Gasteiger partial charge in [-0.05, 0) is 45.3 Å². The maximum Gasteiger partial charge on any atom is 0.128 e. The van der Waals surface area contributed by atoms with Crippen LogP contribution in [0, 0.1) is 13.8 Å². The van der Waals surface area contributed by atoms with Crippen LogP contribution in [0.3, 0.4) is 0 Å². The molecule has 0 aliphatic carbocycles. The molecule has 1 N–H and O–H groups in total. The van der Waals surface area contributed by atoms with Crippen LogP contribution in [-0.4, -0.2) is 36.8 Å². The van der Waals surface area contributed by atoms with Crippen molar-refractivity contribution >= 4 is 0 Å². The van der Waals surface area contributed by atoms with Gasteiger partial charge in [0, 0.05) is 31.5 Å². The standard InChI is InChI=1S/C14H25N3O/c1-5-15-9-8-13-11(2)16-14(17-12(13)3)7-6-10-18-4/h15H,5-10H2,1-4H3. The molecule has 0 saturated carbocycles. The summed E-state index contributed by atoms with van der Waals surface area (Å²) in [5.74, 6) is 0.939. The highest BCUT2D eigenvalue weighted by atomic mass is 16.5. The van der Waals surface area contributed by atoms with Gasteiger partial charge in [0.15, 0.2) is 0 Å². The highest BCUT2D eigenvalue weighted by Gasteiger charge is 2.08. The molecule has 0 aromatic carbocycles. The van der Waals surface area contributed by atoms with Crippen LogP contribution in [0.15, 0.2) is 0 Å². The first kappa shape index (κ1) is 15.1. The summed E-state index contributed by atoms with van der Waals surface area (Å²) in [5.41, 5.74) is 3.52. The Kier molecular flexibility index (Phi) is 6.83. The average molecular weight is 251 g/mol. The molecule has 0 bridgehead atoms. The van der Waals surface area contributed by atoms with Crippen LogP contribution in [0.2, 0.25) is 0 Å². The normalized spacial score (nSPS) is 10.9. The van der Waals surface area contributed by atoms with Crippen LogP contribution < -0.4 is 5.32 Å². The fraction of sp³-hybridized carbons (Fsp3) is 0.714. The van der Waals surface area contributed by atoms with Crippen LogP contribution >= 0.6 is 0 Å². The number of hydrogen-bond donors (Lipinski definition) is 1. The second-order valence-electron chi connectivity index (χ2n) is 4.49. The van der Waals surface area contributed by atoms with Gasteiger partial charge in [0.25, 0.3) is 0 Å². The van der Waals surface area contributed by atoms with Crippen molar-refractivity contribution in [3.63, 3.8) is 0 Å². The van der Waals surface area contributed by atoms with E-state index in [2.05, 4.69) is 36.1 Å². The molecule has 4 heteroatoms. The molecule has 0 aliphatic rings. The summed E-state index contributed by atoms with van der Waals surface area (Å²) in [4.78, 5) is 9.18. The molecule has 1 aromatic rings. The van der Waals surface area contributed by atoms with Crippen LogP contribution in [0.1, 0.15) is 36.1 Å². The van der Waals surface area contributed by atoms with Gasteiger partial charge in [0.1, 0.15) is 5.82 Å². The van der Waals surface area contributed by atoms with Crippen LogP contribution in [0.4, 0.5) is 0 Å². The molecule has 0 radical (unpaired) electrons. The zero-order valence-electron chi connectivity index (χ0n) is 12.0. The molecule has 18 heavy (non-hydrogen) atoms. The minimum absolute atomic E-state index is 0.767. The summed E-state index contributed by atoms with van der Waals surface area (Å²) < 4.78 is 5.05. The molecule has 1 aromatic heterocycles. The number of aryl methyl sites for hydroxylation is 3. The van der Waals surface area contributed by atoms with E-state index in [0.717, 1.165) is 56.2 Å². The predicted molar refractivity (Wildman–Crippen MR) is 74.0 cm³/mol. The Labute approximate surface area is 110 Å². The van der Waals surface area contributed by atoms with Gasteiger partial charge in [-0.1, -0.05) is 6.92 Å². The van der Waals surface area contributed by atoms with E-state index in [9.17, 15) is 0 Å². The maximum atomic E-state index is 5.05. The Morgan fingerprint density at radius 1 is 1.11 bits per heavy atom. The van der Waals surface area contributed by atoms with Crippen molar-refractivity contribution in [1.82, 2.24) is 15.3 Å². The third-order valence-corrected chi connectivity index (χ3v) is 3.02. The molecule has 0 amide bonds. The molecule has 1 rings (SSSR count). The Bertz CT molecular complexity index is 343. The summed E-state index contributed by atoms with van der Waals surface area (Å²) >= 11 is 0. The minimum Gasteiger partial charge on any atom is -0.385 e. The van der Waals surface area contributed by atoms with Crippen molar-refractivity contribution in [1.29, 1.82) is 0 Å². The van der Waals surface area contributed by atoms with Crippen molar-refractivity contribution in [2.45, 2.75) is 40.0 Å². The monoisotopic (exact) mass is 251 g/mol. The molecule has 0 aliphatic heterocycles. The van der Waals surface area contributed by atoms with E-state index in [0.29, 0.717) is 0 Å². The average Bonchev–Trinajstić information content (AvgIpc) is 2.33. The largest absolute Gasteiger partial charge is 0.385 e. The predicted octanol–water partition coefficient (Wildman–Crippen LogP) is 1.82.